The first-order valence-corrected chi connectivity index (χ1v) is 7.50. The quantitative estimate of drug-likeness (QED) is 0.829. The van der Waals surface area contributed by atoms with Crippen molar-refractivity contribution in [3.63, 3.8) is 0 Å². The fraction of sp³-hybridized carbons (Fsp3) is 0.571. The number of methoxy groups -OCH3 is 1. The Morgan fingerprint density at radius 1 is 1.47 bits per heavy atom. The van der Waals surface area contributed by atoms with Gasteiger partial charge in [0.2, 0.25) is 0 Å². The maximum atomic E-state index is 5.55. The fourth-order valence-electron chi connectivity index (χ4n) is 2.48. The minimum absolute atomic E-state index is 0.474. The molecule has 2 nitrogen and oxygen atoms in total. The topological polar surface area (TPSA) is 21.3 Å². The Morgan fingerprint density at radius 3 is 2.82 bits per heavy atom. The van der Waals surface area contributed by atoms with Gasteiger partial charge in [-0.25, -0.2) is 0 Å². The molecule has 0 aliphatic carbocycles. The molecule has 94 valence electrons. The van der Waals surface area contributed by atoms with E-state index in [4.69, 9.17) is 4.74 Å². The summed E-state index contributed by atoms with van der Waals surface area (Å²) < 4.78 is 5.55. The van der Waals surface area contributed by atoms with Crippen LogP contribution in [-0.2, 0) is 6.42 Å². The molecule has 0 amide bonds. The van der Waals surface area contributed by atoms with Crippen LogP contribution in [0.4, 0.5) is 0 Å². The highest BCUT2D eigenvalue weighted by Crippen LogP contribution is 2.36. The second-order valence-electron chi connectivity index (χ2n) is 4.41. The predicted molar refractivity (Wildman–Crippen MR) is 74.1 cm³/mol. The molecule has 0 radical (unpaired) electrons. The van der Waals surface area contributed by atoms with Crippen LogP contribution in [0, 0.1) is 0 Å². The minimum Gasteiger partial charge on any atom is -0.496 e. The number of aryl methyl sites for hydroxylation is 1. The number of hydrogen-bond donors (Lipinski definition) is 1. The van der Waals surface area contributed by atoms with Crippen LogP contribution in [0.5, 0.6) is 5.75 Å². The van der Waals surface area contributed by atoms with Crippen molar-refractivity contribution < 1.29 is 4.74 Å². The zero-order valence-electron chi connectivity index (χ0n) is 10.9. The monoisotopic (exact) mass is 251 g/mol. The van der Waals surface area contributed by atoms with Crippen molar-refractivity contribution in [2.45, 2.75) is 37.1 Å². The summed E-state index contributed by atoms with van der Waals surface area (Å²) in [6.07, 6.45) is 5.69. The first-order valence-electron chi connectivity index (χ1n) is 6.28. The number of hydrogen-bond acceptors (Lipinski definition) is 3. The van der Waals surface area contributed by atoms with Crippen molar-refractivity contribution in [1.82, 2.24) is 5.32 Å². The van der Waals surface area contributed by atoms with Gasteiger partial charge in [-0.3, -0.25) is 0 Å². The van der Waals surface area contributed by atoms with Crippen molar-refractivity contribution in [2.24, 2.45) is 0 Å². The number of thioether (sulfide) groups is 1. The van der Waals surface area contributed by atoms with Gasteiger partial charge in [0.1, 0.15) is 5.75 Å². The summed E-state index contributed by atoms with van der Waals surface area (Å²) in [5.74, 6) is 1.04. The summed E-state index contributed by atoms with van der Waals surface area (Å²) in [6, 6.07) is 4.99. The molecule has 1 N–H and O–H groups in total. The lowest BCUT2D eigenvalue weighted by atomic mass is 10.0. The molecule has 2 rings (SSSR count). The highest BCUT2D eigenvalue weighted by Gasteiger charge is 2.21. The van der Waals surface area contributed by atoms with Gasteiger partial charge in [0.05, 0.1) is 7.11 Å². The van der Waals surface area contributed by atoms with Gasteiger partial charge in [-0.2, -0.15) is 0 Å². The first kappa shape index (κ1) is 12.8. The molecule has 1 aromatic carbocycles. The van der Waals surface area contributed by atoms with E-state index in [1.165, 1.54) is 28.9 Å². The van der Waals surface area contributed by atoms with Crippen LogP contribution in [0.25, 0.3) is 0 Å². The third kappa shape index (κ3) is 2.61. The number of rotatable bonds is 4. The number of nitrogens with one attached hydrogen (secondary N) is 1. The lowest BCUT2D eigenvalue weighted by Crippen LogP contribution is -2.14. The molecule has 1 unspecified atom stereocenters. The Bertz CT molecular complexity index is 386. The summed E-state index contributed by atoms with van der Waals surface area (Å²) in [4.78, 5) is 1.39. The molecule has 0 saturated carbocycles. The number of benzene rings is 1. The summed E-state index contributed by atoms with van der Waals surface area (Å²) in [6.45, 7) is 3.32. The van der Waals surface area contributed by atoms with E-state index in [9.17, 15) is 0 Å². The SMILES string of the molecule is CCc1cc(OC)c(C2CCCN2)cc1SC. The average molecular weight is 251 g/mol. The molecule has 0 spiro atoms. The summed E-state index contributed by atoms with van der Waals surface area (Å²) in [5, 5.41) is 3.55. The van der Waals surface area contributed by atoms with Gasteiger partial charge in [0.15, 0.2) is 0 Å². The Labute approximate surface area is 108 Å². The van der Waals surface area contributed by atoms with Gasteiger partial charge in [-0.1, -0.05) is 6.92 Å². The van der Waals surface area contributed by atoms with E-state index in [2.05, 4.69) is 30.6 Å². The lowest BCUT2D eigenvalue weighted by molar-refractivity contribution is 0.402. The summed E-state index contributed by atoms with van der Waals surface area (Å²) >= 11 is 1.83. The van der Waals surface area contributed by atoms with Crippen LogP contribution in [-0.4, -0.2) is 19.9 Å². The van der Waals surface area contributed by atoms with Crippen LogP contribution < -0.4 is 10.1 Å². The van der Waals surface area contributed by atoms with E-state index in [0.29, 0.717) is 6.04 Å². The van der Waals surface area contributed by atoms with Crippen molar-refractivity contribution in [3.05, 3.63) is 23.3 Å². The van der Waals surface area contributed by atoms with Crippen LogP contribution in [0.3, 0.4) is 0 Å². The van der Waals surface area contributed by atoms with Crippen LogP contribution >= 0.6 is 11.8 Å². The summed E-state index contributed by atoms with van der Waals surface area (Å²) in [7, 11) is 1.77. The second kappa shape index (κ2) is 5.78. The van der Waals surface area contributed by atoms with E-state index in [0.717, 1.165) is 18.7 Å². The maximum absolute atomic E-state index is 5.55. The normalized spacial score (nSPS) is 19.6. The van der Waals surface area contributed by atoms with Crippen LogP contribution in [0.2, 0.25) is 0 Å². The number of ether oxygens (including phenoxy) is 1. The van der Waals surface area contributed by atoms with E-state index < -0.39 is 0 Å². The maximum Gasteiger partial charge on any atom is 0.123 e. The van der Waals surface area contributed by atoms with Crippen molar-refractivity contribution in [2.75, 3.05) is 19.9 Å². The standard InChI is InChI=1S/C14H21NOS/c1-4-10-8-13(16-2)11(9-14(10)17-3)12-6-5-7-15-12/h8-9,12,15H,4-7H2,1-3H3. The highest BCUT2D eigenvalue weighted by atomic mass is 32.2. The van der Waals surface area contributed by atoms with E-state index in [-0.39, 0.29) is 0 Å². The summed E-state index contributed by atoms with van der Waals surface area (Å²) in [5.41, 5.74) is 2.71. The van der Waals surface area contributed by atoms with Gasteiger partial charge >= 0.3 is 0 Å². The minimum atomic E-state index is 0.474. The Kier molecular flexibility index (Phi) is 4.35. The van der Waals surface area contributed by atoms with Gasteiger partial charge < -0.3 is 10.1 Å². The van der Waals surface area contributed by atoms with Gasteiger partial charge in [-0.15, -0.1) is 11.8 Å². The van der Waals surface area contributed by atoms with Gasteiger partial charge in [-0.05, 0) is 49.8 Å². The van der Waals surface area contributed by atoms with Crippen molar-refractivity contribution >= 4 is 11.8 Å². The Balaban J connectivity index is 2.41. The fourth-order valence-corrected chi connectivity index (χ4v) is 3.19. The van der Waals surface area contributed by atoms with Crippen LogP contribution in [0.15, 0.2) is 17.0 Å². The molecule has 1 heterocycles. The first-order chi connectivity index (χ1) is 8.30. The molecule has 0 bridgehead atoms. The molecular weight excluding hydrogens is 230 g/mol. The molecule has 0 aromatic heterocycles. The second-order valence-corrected chi connectivity index (χ2v) is 5.26. The molecule has 1 aromatic rings. The zero-order chi connectivity index (χ0) is 12.3. The molecule has 1 aliphatic heterocycles. The van der Waals surface area contributed by atoms with E-state index in [1.807, 2.05) is 11.8 Å². The van der Waals surface area contributed by atoms with E-state index in [1.54, 1.807) is 7.11 Å². The van der Waals surface area contributed by atoms with E-state index >= 15 is 0 Å². The smallest absolute Gasteiger partial charge is 0.123 e. The van der Waals surface area contributed by atoms with Crippen molar-refractivity contribution in [1.29, 1.82) is 0 Å². The van der Waals surface area contributed by atoms with Crippen molar-refractivity contribution in [3.8, 4) is 5.75 Å². The molecule has 1 aliphatic rings. The lowest BCUT2D eigenvalue weighted by Gasteiger charge is -2.18. The Morgan fingerprint density at radius 2 is 2.29 bits per heavy atom. The Hall–Kier alpha value is -0.670. The zero-order valence-corrected chi connectivity index (χ0v) is 11.7. The third-order valence-electron chi connectivity index (χ3n) is 3.45. The molecule has 17 heavy (non-hydrogen) atoms. The third-order valence-corrected chi connectivity index (χ3v) is 4.27. The molecule has 1 fully saturated rings. The molecule has 1 saturated heterocycles. The van der Waals surface area contributed by atoms with Crippen LogP contribution in [0.1, 0.15) is 36.9 Å². The molecule has 1 atom stereocenters. The largest absolute Gasteiger partial charge is 0.496 e. The highest BCUT2D eigenvalue weighted by molar-refractivity contribution is 7.98. The van der Waals surface area contributed by atoms with Gasteiger partial charge in [0, 0.05) is 16.5 Å². The molecular formula is C14H21NOS. The van der Waals surface area contributed by atoms with Gasteiger partial charge in [0.25, 0.3) is 0 Å². The average Bonchev–Trinajstić information content (AvgIpc) is 2.90. The molecule has 3 heteroatoms. The predicted octanol–water partition coefficient (Wildman–Crippen LogP) is 3.40.